The van der Waals surface area contributed by atoms with Crippen molar-refractivity contribution in [2.24, 2.45) is 5.73 Å². The topological polar surface area (TPSA) is 56.5 Å². The minimum absolute atomic E-state index is 0.254. The fraction of sp³-hybridized carbons (Fsp3) is 0.538. The predicted molar refractivity (Wildman–Crippen MR) is 67.5 cm³/mol. The monoisotopic (exact) mass is 236 g/mol. The van der Waals surface area contributed by atoms with Gasteiger partial charge in [-0.3, -0.25) is 0 Å². The van der Waals surface area contributed by atoms with Gasteiger partial charge in [-0.1, -0.05) is 12.1 Å². The zero-order chi connectivity index (χ0) is 12.3. The van der Waals surface area contributed by atoms with Crippen molar-refractivity contribution in [2.45, 2.75) is 24.9 Å². The molecule has 1 aromatic carbocycles. The van der Waals surface area contributed by atoms with E-state index in [0.717, 1.165) is 36.4 Å². The molecule has 1 aliphatic heterocycles. The lowest BCUT2D eigenvalue weighted by molar-refractivity contribution is 0.329. The summed E-state index contributed by atoms with van der Waals surface area (Å²) in [5.41, 5.74) is 7.14. The van der Waals surface area contributed by atoms with Gasteiger partial charge >= 0.3 is 0 Å². The summed E-state index contributed by atoms with van der Waals surface area (Å²) < 4.78 is 10.8. The molecule has 0 aliphatic carbocycles. The van der Waals surface area contributed by atoms with E-state index in [1.807, 2.05) is 12.1 Å². The molecule has 0 bridgehead atoms. The molecule has 2 unspecified atom stereocenters. The average molecular weight is 236 g/mol. The third kappa shape index (κ3) is 2.53. The van der Waals surface area contributed by atoms with Crippen LogP contribution in [0.2, 0.25) is 0 Å². The van der Waals surface area contributed by atoms with Crippen LogP contribution in [0.5, 0.6) is 11.5 Å². The maximum Gasteiger partial charge on any atom is 0.165 e. The largest absolute Gasteiger partial charge is 0.493 e. The first-order valence-electron chi connectivity index (χ1n) is 5.96. The van der Waals surface area contributed by atoms with Crippen molar-refractivity contribution in [1.29, 1.82) is 0 Å². The van der Waals surface area contributed by atoms with Gasteiger partial charge in [0, 0.05) is 17.6 Å². The van der Waals surface area contributed by atoms with E-state index in [1.54, 1.807) is 14.2 Å². The minimum Gasteiger partial charge on any atom is -0.493 e. The standard InChI is InChI=1S/C13H20N2O2/c1-16-12-5-3-4-10(13(12)17-2)11-8-9(14)6-7-15-11/h3-5,9,11,15H,6-8,14H2,1-2H3. The first-order chi connectivity index (χ1) is 8.26. The Morgan fingerprint density at radius 2 is 2.12 bits per heavy atom. The van der Waals surface area contributed by atoms with Gasteiger partial charge < -0.3 is 20.5 Å². The van der Waals surface area contributed by atoms with Gasteiger partial charge in [0.2, 0.25) is 0 Å². The van der Waals surface area contributed by atoms with Gasteiger partial charge in [0.25, 0.3) is 0 Å². The summed E-state index contributed by atoms with van der Waals surface area (Å²) in [7, 11) is 3.33. The molecule has 3 N–H and O–H groups in total. The molecule has 1 aromatic rings. The van der Waals surface area contributed by atoms with Crippen molar-refractivity contribution < 1.29 is 9.47 Å². The molecule has 1 aliphatic rings. The maximum absolute atomic E-state index is 6.01. The molecule has 0 aromatic heterocycles. The molecule has 2 atom stereocenters. The fourth-order valence-corrected chi connectivity index (χ4v) is 2.37. The summed E-state index contributed by atoms with van der Waals surface area (Å²) >= 11 is 0. The van der Waals surface area contributed by atoms with E-state index < -0.39 is 0 Å². The second-order valence-corrected chi connectivity index (χ2v) is 4.37. The molecule has 0 saturated carbocycles. The first kappa shape index (κ1) is 12.2. The van der Waals surface area contributed by atoms with Crippen LogP contribution in [0, 0.1) is 0 Å². The number of piperidine rings is 1. The number of nitrogens with two attached hydrogens (primary N) is 1. The van der Waals surface area contributed by atoms with Crippen molar-refractivity contribution in [3.8, 4) is 11.5 Å². The normalized spacial score (nSPS) is 24.4. The summed E-state index contributed by atoms with van der Waals surface area (Å²) in [6.45, 7) is 0.951. The van der Waals surface area contributed by atoms with Crippen LogP contribution >= 0.6 is 0 Å². The van der Waals surface area contributed by atoms with Gasteiger partial charge in [-0.05, 0) is 25.5 Å². The van der Waals surface area contributed by atoms with Crippen LogP contribution in [0.4, 0.5) is 0 Å². The van der Waals surface area contributed by atoms with E-state index in [-0.39, 0.29) is 12.1 Å². The molecule has 1 fully saturated rings. The van der Waals surface area contributed by atoms with Gasteiger partial charge in [-0.15, -0.1) is 0 Å². The van der Waals surface area contributed by atoms with E-state index in [1.165, 1.54) is 0 Å². The van der Waals surface area contributed by atoms with E-state index >= 15 is 0 Å². The molecule has 17 heavy (non-hydrogen) atoms. The van der Waals surface area contributed by atoms with Crippen molar-refractivity contribution in [3.63, 3.8) is 0 Å². The smallest absolute Gasteiger partial charge is 0.165 e. The Morgan fingerprint density at radius 1 is 1.29 bits per heavy atom. The number of hydrogen-bond donors (Lipinski definition) is 2. The van der Waals surface area contributed by atoms with Crippen LogP contribution < -0.4 is 20.5 Å². The molecule has 0 spiro atoms. The summed E-state index contributed by atoms with van der Waals surface area (Å²) in [6, 6.07) is 6.47. The van der Waals surface area contributed by atoms with E-state index in [4.69, 9.17) is 15.2 Å². The van der Waals surface area contributed by atoms with Crippen LogP contribution in [0.3, 0.4) is 0 Å². The van der Waals surface area contributed by atoms with Crippen LogP contribution in [-0.4, -0.2) is 26.8 Å². The number of ether oxygens (including phenoxy) is 2. The third-order valence-electron chi connectivity index (χ3n) is 3.25. The zero-order valence-corrected chi connectivity index (χ0v) is 10.4. The molecule has 2 rings (SSSR count). The number of rotatable bonds is 3. The third-order valence-corrected chi connectivity index (χ3v) is 3.25. The summed E-state index contributed by atoms with van der Waals surface area (Å²) in [4.78, 5) is 0. The summed E-state index contributed by atoms with van der Waals surface area (Å²) in [5.74, 6) is 1.58. The molecule has 94 valence electrons. The van der Waals surface area contributed by atoms with Crippen LogP contribution in [0.15, 0.2) is 18.2 Å². The predicted octanol–water partition coefficient (Wildman–Crippen LogP) is 1.46. The molecule has 4 nitrogen and oxygen atoms in total. The quantitative estimate of drug-likeness (QED) is 0.834. The van der Waals surface area contributed by atoms with E-state index in [9.17, 15) is 0 Å². The van der Waals surface area contributed by atoms with Crippen LogP contribution in [-0.2, 0) is 0 Å². The van der Waals surface area contributed by atoms with E-state index in [2.05, 4.69) is 11.4 Å². The number of para-hydroxylation sites is 1. The van der Waals surface area contributed by atoms with Gasteiger partial charge in [-0.25, -0.2) is 0 Å². The van der Waals surface area contributed by atoms with Gasteiger partial charge in [0.15, 0.2) is 11.5 Å². The highest BCUT2D eigenvalue weighted by atomic mass is 16.5. The molecular weight excluding hydrogens is 216 g/mol. The lowest BCUT2D eigenvalue weighted by Crippen LogP contribution is -2.38. The SMILES string of the molecule is COc1cccc(C2CC(N)CCN2)c1OC. The Morgan fingerprint density at radius 3 is 2.76 bits per heavy atom. The molecule has 0 radical (unpaired) electrons. The highest BCUT2D eigenvalue weighted by Gasteiger charge is 2.24. The highest BCUT2D eigenvalue weighted by Crippen LogP contribution is 2.36. The first-order valence-corrected chi connectivity index (χ1v) is 5.96. The molecule has 0 amide bonds. The lowest BCUT2D eigenvalue weighted by atomic mass is 9.93. The molecule has 1 saturated heterocycles. The molecular formula is C13H20N2O2. The fourth-order valence-electron chi connectivity index (χ4n) is 2.37. The van der Waals surface area contributed by atoms with Crippen molar-refractivity contribution >= 4 is 0 Å². The Labute approximate surface area is 102 Å². The van der Waals surface area contributed by atoms with Gasteiger partial charge in [0.1, 0.15) is 0 Å². The Bertz CT molecular complexity index is 382. The number of nitrogens with one attached hydrogen (secondary N) is 1. The number of methoxy groups -OCH3 is 2. The maximum atomic E-state index is 6.01. The summed E-state index contributed by atoms with van der Waals surface area (Å²) in [5, 5.41) is 3.48. The molecule has 1 heterocycles. The van der Waals surface area contributed by atoms with Crippen molar-refractivity contribution in [3.05, 3.63) is 23.8 Å². The van der Waals surface area contributed by atoms with Gasteiger partial charge in [0.05, 0.1) is 14.2 Å². The Hall–Kier alpha value is -1.26. The van der Waals surface area contributed by atoms with Crippen molar-refractivity contribution in [1.82, 2.24) is 5.32 Å². The lowest BCUT2D eigenvalue weighted by Gasteiger charge is -2.29. The second kappa shape index (κ2) is 5.38. The van der Waals surface area contributed by atoms with Crippen LogP contribution in [0.1, 0.15) is 24.4 Å². The average Bonchev–Trinajstić information content (AvgIpc) is 2.37. The molecule has 4 heteroatoms. The Kier molecular flexibility index (Phi) is 3.86. The zero-order valence-electron chi connectivity index (χ0n) is 10.4. The Balaban J connectivity index is 2.30. The van der Waals surface area contributed by atoms with Gasteiger partial charge in [-0.2, -0.15) is 0 Å². The number of hydrogen-bond acceptors (Lipinski definition) is 4. The second-order valence-electron chi connectivity index (χ2n) is 4.37. The summed E-state index contributed by atoms with van der Waals surface area (Å²) in [6.07, 6.45) is 1.96. The van der Waals surface area contributed by atoms with E-state index in [0.29, 0.717) is 0 Å². The van der Waals surface area contributed by atoms with Crippen LogP contribution in [0.25, 0.3) is 0 Å². The highest BCUT2D eigenvalue weighted by molar-refractivity contribution is 5.48. The minimum atomic E-state index is 0.254. The van der Waals surface area contributed by atoms with Crippen molar-refractivity contribution in [2.75, 3.05) is 20.8 Å². The number of benzene rings is 1.